The molecule has 1 atom stereocenters. The van der Waals surface area contributed by atoms with Crippen molar-refractivity contribution in [2.75, 3.05) is 13.7 Å². The van der Waals surface area contributed by atoms with E-state index in [0.29, 0.717) is 12.2 Å². The summed E-state index contributed by atoms with van der Waals surface area (Å²) in [5, 5.41) is 0. The van der Waals surface area contributed by atoms with Gasteiger partial charge in [0.05, 0.1) is 13.5 Å². The molecular formula is C14H19BrN2O3. The molecule has 1 unspecified atom stereocenters. The molecular weight excluding hydrogens is 324 g/mol. The van der Waals surface area contributed by atoms with Crippen LogP contribution in [0, 0.1) is 0 Å². The van der Waals surface area contributed by atoms with Crippen molar-refractivity contribution in [2.45, 2.75) is 31.7 Å². The smallest absolute Gasteiger partial charge is 0.307 e. The van der Waals surface area contributed by atoms with Gasteiger partial charge in [-0.1, -0.05) is 0 Å². The van der Waals surface area contributed by atoms with E-state index in [1.807, 2.05) is 24.2 Å². The van der Waals surface area contributed by atoms with E-state index < -0.39 is 0 Å². The largest absolute Gasteiger partial charge is 0.469 e. The summed E-state index contributed by atoms with van der Waals surface area (Å²) in [7, 11) is 3.23. The van der Waals surface area contributed by atoms with Crippen LogP contribution in [-0.4, -0.2) is 41.0 Å². The minimum Gasteiger partial charge on any atom is -0.469 e. The highest BCUT2D eigenvalue weighted by molar-refractivity contribution is 9.10. The zero-order valence-electron chi connectivity index (χ0n) is 11.8. The lowest BCUT2D eigenvalue weighted by atomic mass is 9.99. The van der Waals surface area contributed by atoms with Gasteiger partial charge in [-0.05, 0) is 41.3 Å². The van der Waals surface area contributed by atoms with Crippen molar-refractivity contribution in [1.29, 1.82) is 0 Å². The molecule has 0 N–H and O–H groups in total. The third kappa shape index (κ3) is 3.23. The van der Waals surface area contributed by atoms with Gasteiger partial charge in [0.1, 0.15) is 5.69 Å². The van der Waals surface area contributed by atoms with Crippen LogP contribution < -0.4 is 0 Å². The highest BCUT2D eigenvalue weighted by atomic mass is 79.9. The maximum Gasteiger partial charge on any atom is 0.307 e. The number of halogens is 1. The van der Waals surface area contributed by atoms with Crippen LogP contribution in [0.5, 0.6) is 0 Å². The van der Waals surface area contributed by atoms with Crippen LogP contribution in [0.2, 0.25) is 0 Å². The van der Waals surface area contributed by atoms with Crippen molar-refractivity contribution in [2.24, 2.45) is 7.05 Å². The van der Waals surface area contributed by atoms with Crippen molar-refractivity contribution in [1.82, 2.24) is 9.47 Å². The Balaban J connectivity index is 2.17. The maximum absolute atomic E-state index is 12.6. The predicted octanol–water partition coefficient (Wildman–Crippen LogP) is 2.35. The number of nitrogens with zero attached hydrogens (tertiary/aromatic N) is 2. The van der Waals surface area contributed by atoms with E-state index >= 15 is 0 Å². The molecule has 0 saturated carbocycles. The van der Waals surface area contributed by atoms with E-state index in [0.717, 1.165) is 23.7 Å². The van der Waals surface area contributed by atoms with Crippen molar-refractivity contribution < 1.29 is 14.3 Å². The van der Waals surface area contributed by atoms with Crippen molar-refractivity contribution in [3.05, 3.63) is 22.4 Å². The molecule has 0 spiro atoms. The topological polar surface area (TPSA) is 51.5 Å². The zero-order chi connectivity index (χ0) is 14.7. The third-order valence-corrected chi connectivity index (χ3v) is 4.14. The summed E-state index contributed by atoms with van der Waals surface area (Å²) >= 11 is 3.38. The first-order valence-electron chi connectivity index (χ1n) is 6.72. The van der Waals surface area contributed by atoms with Gasteiger partial charge in [-0.3, -0.25) is 9.59 Å². The molecule has 0 bridgehead atoms. The Bertz CT molecular complexity index is 513. The normalized spacial score (nSPS) is 18.9. The number of esters is 1. The summed E-state index contributed by atoms with van der Waals surface area (Å²) in [6.07, 6.45) is 5.00. The quantitative estimate of drug-likeness (QED) is 0.792. The lowest BCUT2D eigenvalue weighted by Gasteiger charge is -2.35. The van der Waals surface area contributed by atoms with Gasteiger partial charge in [0.25, 0.3) is 5.91 Å². The standard InChI is InChI=1S/C14H19BrN2O3/c1-16-9-10(15)7-12(16)14(19)17-6-4-3-5-11(17)8-13(18)20-2/h7,9,11H,3-6,8H2,1-2H3. The minimum absolute atomic E-state index is 0.0215. The van der Waals surface area contributed by atoms with E-state index in [-0.39, 0.29) is 24.3 Å². The first-order chi connectivity index (χ1) is 9.52. The van der Waals surface area contributed by atoms with Crippen molar-refractivity contribution in [3.8, 4) is 0 Å². The van der Waals surface area contributed by atoms with E-state index in [9.17, 15) is 9.59 Å². The minimum atomic E-state index is -0.261. The highest BCUT2D eigenvalue weighted by Gasteiger charge is 2.30. The number of methoxy groups -OCH3 is 1. The lowest BCUT2D eigenvalue weighted by molar-refractivity contribution is -0.142. The first-order valence-corrected chi connectivity index (χ1v) is 7.52. The number of likely N-dealkylation sites (tertiary alicyclic amines) is 1. The average molecular weight is 343 g/mol. The monoisotopic (exact) mass is 342 g/mol. The predicted molar refractivity (Wildman–Crippen MR) is 78.4 cm³/mol. The van der Waals surface area contributed by atoms with Crippen LogP contribution in [0.4, 0.5) is 0 Å². The van der Waals surface area contributed by atoms with Crippen LogP contribution in [-0.2, 0) is 16.6 Å². The second-order valence-electron chi connectivity index (χ2n) is 5.08. The van der Waals surface area contributed by atoms with Crippen LogP contribution in [0.3, 0.4) is 0 Å². The molecule has 1 aliphatic heterocycles. The number of carbonyl (C=O) groups excluding carboxylic acids is 2. The maximum atomic E-state index is 12.6. The van der Waals surface area contributed by atoms with Gasteiger partial charge in [-0.2, -0.15) is 0 Å². The molecule has 1 aromatic rings. The fraction of sp³-hybridized carbons (Fsp3) is 0.571. The lowest BCUT2D eigenvalue weighted by Crippen LogP contribution is -2.45. The van der Waals surface area contributed by atoms with Gasteiger partial charge >= 0.3 is 5.97 Å². The molecule has 1 aromatic heterocycles. The van der Waals surface area contributed by atoms with Crippen LogP contribution in [0.25, 0.3) is 0 Å². The molecule has 0 radical (unpaired) electrons. The van der Waals surface area contributed by atoms with Gasteiger partial charge in [-0.25, -0.2) is 0 Å². The number of piperidine rings is 1. The number of amides is 1. The summed E-state index contributed by atoms with van der Waals surface area (Å²) in [6, 6.07) is 1.75. The van der Waals surface area contributed by atoms with E-state index in [1.165, 1.54) is 7.11 Å². The molecule has 20 heavy (non-hydrogen) atoms. The Kier molecular flexibility index (Phi) is 4.86. The summed E-state index contributed by atoms with van der Waals surface area (Å²) in [6.45, 7) is 0.698. The number of aromatic nitrogens is 1. The average Bonchev–Trinajstić information content (AvgIpc) is 2.77. The van der Waals surface area contributed by atoms with E-state index in [2.05, 4.69) is 15.9 Å². The molecule has 0 aromatic carbocycles. The Morgan fingerprint density at radius 1 is 1.45 bits per heavy atom. The van der Waals surface area contributed by atoms with Gasteiger partial charge < -0.3 is 14.2 Å². The summed E-state index contributed by atoms with van der Waals surface area (Å²) < 4.78 is 7.41. The van der Waals surface area contributed by atoms with Gasteiger partial charge in [0, 0.05) is 30.3 Å². The Morgan fingerprint density at radius 3 is 2.80 bits per heavy atom. The van der Waals surface area contributed by atoms with E-state index in [4.69, 9.17) is 4.74 Å². The Labute approximate surface area is 127 Å². The number of carbonyl (C=O) groups is 2. The zero-order valence-corrected chi connectivity index (χ0v) is 13.4. The summed E-state index contributed by atoms with van der Waals surface area (Å²) in [5.41, 5.74) is 0.633. The van der Waals surface area contributed by atoms with E-state index in [1.54, 1.807) is 4.57 Å². The highest BCUT2D eigenvalue weighted by Crippen LogP contribution is 2.24. The fourth-order valence-corrected chi connectivity index (χ4v) is 3.16. The number of hydrogen-bond acceptors (Lipinski definition) is 3. The number of ether oxygens (including phenoxy) is 1. The fourth-order valence-electron chi connectivity index (χ4n) is 2.64. The number of rotatable bonds is 3. The van der Waals surface area contributed by atoms with Gasteiger partial charge in [-0.15, -0.1) is 0 Å². The molecule has 6 heteroatoms. The number of aryl methyl sites for hydroxylation is 1. The molecule has 2 heterocycles. The first kappa shape index (κ1) is 15.1. The number of hydrogen-bond donors (Lipinski definition) is 0. The van der Waals surface area contributed by atoms with Crippen LogP contribution >= 0.6 is 15.9 Å². The van der Waals surface area contributed by atoms with Crippen molar-refractivity contribution in [3.63, 3.8) is 0 Å². The second-order valence-corrected chi connectivity index (χ2v) is 6.00. The Hall–Kier alpha value is -1.30. The van der Waals surface area contributed by atoms with Gasteiger partial charge in [0.15, 0.2) is 0 Å². The molecule has 110 valence electrons. The molecule has 1 aliphatic rings. The summed E-state index contributed by atoms with van der Waals surface area (Å²) in [5.74, 6) is -0.283. The molecule has 1 amide bonds. The third-order valence-electron chi connectivity index (χ3n) is 3.71. The SMILES string of the molecule is COC(=O)CC1CCCCN1C(=O)c1cc(Br)cn1C. The molecule has 1 fully saturated rings. The van der Waals surface area contributed by atoms with Crippen LogP contribution in [0.1, 0.15) is 36.2 Å². The molecule has 2 rings (SSSR count). The van der Waals surface area contributed by atoms with Gasteiger partial charge in [0.2, 0.25) is 0 Å². The Morgan fingerprint density at radius 2 is 2.20 bits per heavy atom. The molecule has 1 saturated heterocycles. The van der Waals surface area contributed by atoms with Crippen molar-refractivity contribution >= 4 is 27.8 Å². The molecule has 0 aliphatic carbocycles. The summed E-state index contributed by atoms with van der Waals surface area (Å²) in [4.78, 5) is 25.9. The molecule has 5 nitrogen and oxygen atoms in total. The second kappa shape index (κ2) is 6.43. The van der Waals surface area contributed by atoms with Crippen LogP contribution in [0.15, 0.2) is 16.7 Å².